The molecule has 0 aliphatic carbocycles. The number of halogens is 4. The van der Waals surface area contributed by atoms with Crippen molar-refractivity contribution < 1.29 is 36.6 Å². The van der Waals surface area contributed by atoms with Gasteiger partial charge in [0.05, 0.1) is 17.7 Å². The van der Waals surface area contributed by atoms with Crippen LogP contribution in [0.1, 0.15) is 84.6 Å². The first-order valence-electron chi connectivity index (χ1n) is 11.1. The Bertz CT molecular complexity index is 946. The van der Waals surface area contributed by atoms with Gasteiger partial charge in [0.25, 0.3) is 0 Å². The van der Waals surface area contributed by atoms with Crippen LogP contribution in [0.25, 0.3) is 0 Å². The Morgan fingerprint density at radius 3 is 1.88 bits per heavy atom. The average molecular weight is 468 g/mol. The molecule has 2 aromatic carbocycles. The van der Waals surface area contributed by atoms with Crippen molar-refractivity contribution in [2.24, 2.45) is 0 Å². The lowest BCUT2D eigenvalue weighted by Crippen LogP contribution is -2.15. The van der Waals surface area contributed by atoms with E-state index < -0.39 is 47.4 Å². The van der Waals surface area contributed by atoms with Crippen molar-refractivity contribution in [1.29, 1.82) is 0 Å². The predicted octanol–water partition coefficient (Wildman–Crippen LogP) is 6.90. The van der Waals surface area contributed by atoms with Crippen molar-refractivity contribution in [2.75, 3.05) is 6.61 Å². The third kappa shape index (κ3) is 7.87. The normalized spacial score (nSPS) is 10.8. The first-order valence-corrected chi connectivity index (χ1v) is 11.1. The van der Waals surface area contributed by atoms with Gasteiger partial charge in [-0.3, -0.25) is 0 Å². The van der Waals surface area contributed by atoms with Gasteiger partial charge in [0.15, 0.2) is 23.3 Å². The van der Waals surface area contributed by atoms with Crippen molar-refractivity contribution in [2.45, 2.75) is 64.9 Å². The third-order valence-corrected chi connectivity index (χ3v) is 5.13. The minimum absolute atomic E-state index is 0.0426. The van der Waals surface area contributed by atoms with E-state index in [1.165, 1.54) is 49.9 Å². The summed E-state index contributed by atoms with van der Waals surface area (Å²) in [5.74, 6) is -8.93. The van der Waals surface area contributed by atoms with Gasteiger partial charge in [-0.25, -0.2) is 27.2 Å². The van der Waals surface area contributed by atoms with Gasteiger partial charge in [0, 0.05) is 5.56 Å². The molecule has 0 amide bonds. The minimum atomic E-state index is -1.99. The highest BCUT2D eigenvalue weighted by Gasteiger charge is 2.22. The fourth-order valence-electron chi connectivity index (χ4n) is 3.27. The summed E-state index contributed by atoms with van der Waals surface area (Å²) in [6, 6.07) is 6.13. The zero-order valence-electron chi connectivity index (χ0n) is 18.6. The summed E-state index contributed by atoms with van der Waals surface area (Å²) in [5.41, 5.74) is -0.851. The van der Waals surface area contributed by atoms with Gasteiger partial charge in [-0.05, 0) is 24.6 Å². The van der Waals surface area contributed by atoms with Crippen LogP contribution >= 0.6 is 0 Å². The topological polar surface area (TPSA) is 52.6 Å². The molecule has 0 fully saturated rings. The number of carbonyl (C=O) groups excluding carboxylic acids is 2. The molecular weight excluding hydrogens is 440 g/mol. The van der Waals surface area contributed by atoms with Crippen LogP contribution in [-0.2, 0) is 16.1 Å². The van der Waals surface area contributed by atoms with Gasteiger partial charge in [-0.1, -0.05) is 64.0 Å². The summed E-state index contributed by atoms with van der Waals surface area (Å²) >= 11 is 0. The molecule has 180 valence electrons. The van der Waals surface area contributed by atoms with Gasteiger partial charge in [-0.15, -0.1) is 0 Å². The van der Waals surface area contributed by atoms with Crippen LogP contribution in [0.2, 0.25) is 0 Å². The van der Waals surface area contributed by atoms with Gasteiger partial charge >= 0.3 is 11.9 Å². The average Bonchev–Trinajstić information content (AvgIpc) is 2.82. The van der Waals surface area contributed by atoms with E-state index in [1.807, 2.05) is 0 Å². The number of ether oxygens (including phenoxy) is 2. The molecule has 8 heteroatoms. The molecule has 0 radical (unpaired) electrons. The highest BCUT2D eigenvalue weighted by atomic mass is 19.2. The maximum atomic E-state index is 13.8. The first kappa shape index (κ1) is 26.4. The standard InChI is InChI=1S/C25H28F4O4/c1-2-3-4-5-6-7-8-11-14-32-24(30)18-12-9-10-13-19(18)25(31)33-16-17-15-20(26)22(28)23(29)21(17)27/h9-10,12-13,15H,2-8,11,14,16H2,1H3. The maximum absolute atomic E-state index is 13.8. The van der Waals surface area contributed by atoms with Crippen molar-refractivity contribution >= 4 is 11.9 Å². The smallest absolute Gasteiger partial charge is 0.339 e. The first-order chi connectivity index (χ1) is 15.9. The number of carbonyl (C=O) groups is 2. The molecule has 0 heterocycles. The number of esters is 2. The fraction of sp³-hybridized carbons (Fsp3) is 0.440. The highest BCUT2D eigenvalue weighted by molar-refractivity contribution is 6.03. The molecule has 0 saturated carbocycles. The second kappa shape index (κ2) is 13.6. The second-order valence-corrected chi connectivity index (χ2v) is 7.69. The van der Waals surface area contributed by atoms with Gasteiger partial charge in [-0.2, -0.15) is 0 Å². The Labute approximate surface area is 190 Å². The monoisotopic (exact) mass is 468 g/mol. The Balaban J connectivity index is 1.87. The van der Waals surface area contributed by atoms with Gasteiger partial charge in [0.1, 0.15) is 6.61 Å². The van der Waals surface area contributed by atoms with E-state index in [0.717, 1.165) is 19.3 Å². The van der Waals surface area contributed by atoms with Crippen molar-refractivity contribution in [3.8, 4) is 0 Å². The van der Waals surface area contributed by atoms with Crippen LogP contribution in [0.3, 0.4) is 0 Å². The summed E-state index contributed by atoms with van der Waals surface area (Å²) < 4.78 is 63.6. The van der Waals surface area contributed by atoms with Crippen LogP contribution in [0.5, 0.6) is 0 Å². The van der Waals surface area contributed by atoms with Crippen LogP contribution in [-0.4, -0.2) is 18.5 Å². The number of benzene rings is 2. The number of hydrogen-bond donors (Lipinski definition) is 0. The number of hydrogen-bond acceptors (Lipinski definition) is 4. The molecule has 0 bridgehead atoms. The van der Waals surface area contributed by atoms with E-state index in [4.69, 9.17) is 9.47 Å². The van der Waals surface area contributed by atoms with Crippen molar-refractivity contribution in [1.82, 2.24) is 0 Å². The van der Waals surface area contributed by atoms with E-state index >= 15 is 0 Å². The number of unbranched alkanes of at least 4 members (excludes halogenated alkanes) is 7. The molecule has 33 heavy (non-hydrogen) atoms. The Morgan fingerprint density at radius 1 is 0.727 bits per heavy atom. The van der Waals surface area contributed by atoms with E-state index in [1.54, 1.807) is 0 Å². The van der Waals surface area contributed by atoms with E-state index in [9.17, 15) is 27.2 Å². The molecule has 0 unspecified atom stereocenters. The van der Waals surface area contributed by atoms with E-state index in [-0.39, 0.29) is 17.7 Å². The molecule has 0 aliphatic rings. The molecule has 2 aromatic rings. The lowest BCUT2D eigenvalue weighted by Gasteiger charge is -2.11. The molecule has 0 N–H and O–H groups in total. The van der Waals surface area contributed by atoms with Crippen molar-refractivity contribution in [3.05, 3.63) is 70.3 Å². The zero-order chi connectivity index (χ0) is 24.2. The van der Waals surface area contributed by atoms with Crippen LogP contribution in [0.4, 0.5) is 17.6 Å². The predicted molar refractivity (Wildman–Crippen MR) is 115 cm³/mol. The maximum Gasteiger partial charge on any atom is 0.339 e. The van der Waals surface area contributed by atoms with E-state index in [2.05, 4.69) is 6.92 Å². The molecule has 0 aromatic heterocycles. The Kier molecular flexibility index (Phi) is 10.9. The quantitative estimate of drug-likeness (QED) is 0.106. The van der Waals surface area contributed by atoms with Crippen molar-refractivity contribution in [3.63, 3.8) is 0 Å². The minimum Gasteiger partial charge on any atom is -0.462 e. The van der Waals surface area contributed by atoms with Gasteiger partial charge < -0.3 is 9.47 Å². The molecule has 0 atom stereocenters. The number of rotatable bonds is 13. The molecule has 0 aliphatic heterocycles. The molecular formula is C25H28F4O4. The summed E-state index contributed by atoms with van der Waals surface area (Å²) in [5, 5.41) is 0. The lowest BCUT2D eigenvalue weighted by molar-refractivity contribution is 0.0432. The van der Waals surface area contributed by atoms with Crippen LogP contribution < -0.4 is 0 Å². The summed E-state index contributed by atoms with van der Waals surface area (Å²) in [7, 11) is 0. The van der Waals surface area contributed by atoms with Crippen LogP contribution in [0.15, 0.2) is 30.3 Å². The highest BCUT2D eigenvalue weighted by Crippen LogP contribution is 2.20. The SMILES string of the molecule is CCCCCCCCCCOC(=O)c1ccccc1C(=O)OCc1cc(F)c(F)c(F)c1F. The lowest BCUT2D eigenvalue weighted by atomic mass is 10.1. The Hall–Kier alpha value is -2.90. The second-order valence-electron chi connectivity index (χ2n) is 7.69. The summed E-state index contributed by atoms with van der Waals surface area (Å²) in [6.45, 7) is 1.52. The summed E-state index contributed by atoms with van der Waals surface area (Å²) in [4.78, 5) is 24.8. The molecule has 0 saturated heterocycles. The zero-order valence-corrected chi connectivity index (χ0v) is 18.6. The van der Waals surface area contributed by atoms with Crippen LogP contribution in [0, 0.1) is 23.3 Å². The molecule has 4 nitrogen and oxygen atoms in total. The van der Waals surface area contributed by atoms with Gasteiger partial charge in [0.2, 0.25) is 0 Å². The Morgan fingerprint density at radius 2 is 1.27 bits per heavy atom. The largest absolute Gasteiger partial charge is 0.462 e. The molecule has 2 rings (SSSR count). The fourth-order valence-corrected chi connectivity index (χ4v) is 3.27. The summed E-state index contributed by atoms with van der Waals surface area (Å²) in [6.07, 6.45) is 8.71. The third-order valence-electron chi connectivity index (χ3n) is 5.13. The molecule has 0 spiro atoms. The van der Waals surface area contributed by atoms with E-state index in [0.29, 0.717) is 12.5 Å².